The van der Waals surface area contributed by atoms with Gasteiger partial charge < -0.3 is 24.3 Å². The van der Waals surface area contributed by atoms with Crippen LogP contribution in [-0.4, -0.2) is 44.8 Å². The van der Waals surface area contributed by atoms with Crippen LogP contribution in [0.4, 0.5) is 5.69 Å². The lowest BCUT2D eigenvalue weighted by Crippen LogP contribution is -2.32. The molecule has 2 amide bonds. The van der Waals surface area contributed by atoms with Crippen LogP contribution in [-0.2, 0) is 9.59 Å². The summed E-state index contributed by atoms with van der Waals surface area (Å²) in [5, 5.41) is 6.25. The highest BCUT2D eigenvalue weighted by Crippen LogP contribution is 2.28. The van der Waals surface area contributed by atoms with Gasteiger partial charge in [0.2, 0.25) is 0 Å². The molecule has 0 spiro atoms. The van der Waals surface area contributed by atoms with E-state index in [1.807, 2.05) is 6.92 Å². The maximum Gasteiger partial charge on any atom is 0.343 e. The van der Waals surface area contributed by atoms with Crippen LogP contribution in [0.2, 0.25) is 0 Å². The van der Waals surface area contributed by atoms with Gasteiger partial charge in [-0.05, 0) is 78.7 Å². The van der Waals surface area contributed by atoms with Gasteiger partial charge in [-0.1, -0.05) is 6.92 Å². The van der Waals surface area contributed by atoms with E-state index < -0.39 is 17.8 Å². The van der Waals surface area contributed by atoms with Crippen molar-refractivity contribution in [1.82, 2.24) is 5.43 Å². The smallest absolute Gasteiger partial charge is 0.343 e. The number of rotatable bonds is 10. The lowest BCUT2D eigenvalue weighted by Gasteiger charge is -2.10. The van der Waals surface area contributed by atoms with Crippen molar-refractivity contribution in [3.63, 3.8) is 0 Å². The average Bonchev–Trinajstić information content (AvgIpc) is 2.93. The Hall–Kier alpha value is -4.86. The van der Waals surface area contributed by atoms with Crippen molar-refractivity contribution >= 4 is 29.7 Å². The van der Waals surface area contributed by atoms with Gasteiger partial charge in [-0.25, -0.2) is 10.2 Å². The molecular formula is C27H27N3O7. The number of benzene rings is 3. The van der Waals surface area contributed by atoms with Gasteiger partial charge in [0.15, 0.2) is 11.5 Å². The molecule has 3 aromatic carbocycles. The molecule has 0 heterocycles. The molecule has 0 bridgehead atoms. The second-order valence-electron chi connectivity index (χ2n) is 7.55. The fourth-order valence-electron chi connectivity index (χ4n) is 2.99. The van der Waals surface area contributed by atoms with E-state index in [1.165, 1.54) is 26.5 Å². The molecule has 3 rings (SSSR count). The minimum atomic E-state index is -0.948. The summed E-state index contributed by atoms with van der Waals surface area (Å²) in [6.45, 7) is 2.60. The highest BCUT2D eigenvalue weighted by atomic mass is 16.6. The lowest BCUT2D eigenvalue weighted by atomic mass is 10.2. The van der Waals surface area contributed by atoms with Gasteiger partial charge in [-0.2, -0.15) is 5.10 Å². The molecule has 0 fully saturated rings. The Bertz CT molecular complexity index is 1260. The van der Waals surface area contributed by atoms with E-state index in [-0.39, 0.29) is 11.5 Å². The van der Waals surface area contributed by atoms with E-state index in [0.717, 1.165) is 6.42 Å². The fourth-order valence-corrected chi connectivity index (χ4v) is 2.99. The Morgan fingerprint density at radius 2 is 1.54 bits per heavy atom. The summed E-state index contributed by atoms with van der Waals surface area (Å²) in [5.41, 5.74) is 3.47. The molecule has 0 aliphatic heterocycles. The molecule has 0 aliphatic carbocycles. The molecule has 0 saturated carbocycles. The van der Waals surface area contributed by atoms with Crippen molar-refractivity contribution in [2.24, 2.45) is 5.10 Å². The third-order valence-electron chi connectivity index (χ3n) is 4.89. The van der Waals surface area contributed by atoms with Crippen molar-refractivity contribution in [2.45, 2.75) is 13.3 Å². The van der Waals surface area contributed by atoms with Gasteiger partial charge in [-0.15, -0.1) is 0 Å². The van der Waals surface area contributed by atoms with Crippen molar-refractivity contribution in [3.8, 4) is 23.0 Å². The topological polar surface area (TPSA) is 125 Å². The summed E-state index contributed by atoms with van der Waals surface area (Å²) in [6, 6.07) is 17.9. The van der Waals surface area contributed by atoms with Gasteiger partial charge in [0.05, 0.1) is 32.6 Å². The molecule has 10 heteroatoms. The number of amides is 2. The number of methoxy groups -OCH3 is 2. The summed E-state index contributed by atoms with van der Waals surface area (Å²) < 4.78 is 21.3. The Kier molecular flexibility index (Phi) is 9.60. The zero-order chi connectivity index (χ0) is 26.6. The van der Waals surface area contributed by atoms with Gasteiger partial charge >= 0.3 is 17.8 Å². The molecule has 0 unspecified atom stereocenters. The SMILES string of the molecule is CCCOc1ccc(C(=O)Oc2ccc(/C=N/NC(=O)C(=O)Nc3ccc(OC)cc3)cc2OC)cc1. The number of ether oxygens (including phenoxy) is 4. The van der Waals surface area contributed by atoms with Crippen molar-refractivity contribution < 1.29 is 33.3 Å². The molecule has 0 aromatic heterocycles. The third kappa shape index (κ3) is 7.82. The summed E-state index contributed by atoms with van der Waals surface area (Å²) in [4.78, 5) is 36.6. The molecule has 0 saturated heterocycles. The highest BCUT2D eigenvalue weighted by molar-refractivity contribution is 6.39. The molecule has 37 heavy (non-hydrogen) atoms. The first kappa shape index (κ1) is 26.7. The first-order chi connectivity index (χ1) is 17.9. The number of hydrogen-bond donors (Lipinski definition) is 2. The maximum absolute atomic E-state index is 12.5. The van der Waals surface area contributed by atoms with E-state index in [0.29, 0.717) is 34.9 Å². The molecule has 0 radical (unpaired) electrons. The quantitative estimate of drug-likeness (QED) is 0.141. The predicted octanol–water partition coefficient (Wildman–Crippen LogP) is 3.80. The van der Waals surface area contributed by atoms with Crippen LogP contribution in [0.1, 0.15) is 29.3 Å². The van der Waals surface area contributed by atoms with Gasteiger partial charge in [0.25, 0.3) is 0 Å². The monoisotopic (exact) mass is 505 g/mol. The van der Waals surface area contributed by atoms with E-state index >= 15 is 0 Å². The van der Waals surface area contributed by atoms with Crippen LogP contribution in [0.3, 0.4) is 0 Å². The number of carbonyl (C=O) groups excluding carboxylic acids is 3. The van der Waals surface area contributed by atoms with Crippen LogP contribution in [0.5, 0.6) is 23.0 Å². The zero-order valence-corrected chi connectivity index (χ0v) is 20.6. The van der Waals surface area contributed by atoms with Crippen molar-refractivity contribution in [3.05, 3.63) is 77.9 Å². The van der Waals surface area contributed by atoms with E-state index in [2.05, 4.69) is 15.8 Å². The number of esters is 1. The third-order valence-corrected chi connectivity index (χ3v) is 4.89. The standard InChI is InChI=1S/C27H27N3O7/c1-4-15-36-22-10-6-19(7-11-22)27(33)37-23-14-5-18(16-24(23)35-3)17-28-30-26(32)25(31)29-20-8-12-21(34-2)13-9-20/h5-14,16-17H,4,15H2,1-3H3,(H,29,31)(H,30,32)/b28-17+. The van der Waals surface area contributed by atoms with Crippen molar-refractivity contribution in [1.29, 1.82) is 0 Å². The second-order valence-corrected chi connectivity index (χ2v) is 7.55. The van der Waals surface area contributed by atoms with Gasteiger partial charge in [0, 0.05) is 5.69 Å². The Morgan fingerprint density at radius 3 is 2.19 bits per heavy atom. The minimum Gasteiger partial charge on any atom is -0.497 e. The predicted molar refractivity (Wildman–Crippen MR) is 138 cm³/mol. The van der Waals surface area contributed by atoms with Crippen LogP contribution < -0.4 is 29.7 Å². The average molecular weight is 506 g/mol. The fraction of sp³-hybridized carbons (Fsp3) is 0.185. The van der Waals surface area contributed by atoms with Crippen LogP contribution in [0.25, 0.3) is 0 Å². The molecule has 0 aliphatic rings. The number of nitrogens with zero attached hydrogens (tertiary/aromatic N) is 1. The van der Waals surface area contributed by atoms with Gasteiger partial charge in [-0.3, -0.25) is 9.59 Å². The molecule has 10 nitrogen and oxygen atoms in total. The van der Waals surface area contributed by atoms with Crippen LogP contribution in [0.15, 0.2) is 71.8 Å². The normalized spacial score (nSPS) is 10.5. The number of hydrazone groups is 1. The first-order valence-electron chi connectivity index (χ1n) is 11.3. The molecule has 0 atom stereocenters. The summed E-state index contributed by atoms with van der Waals surface area (Å²) in [6.07, 6.45) is 2.21. The second kappa shape index (κ2) is 13.3. The van der Waals surface area contributed by atoms with Crippen LogP contribution in [0, 0.1) is 0 Å². The molecule has 2 N–H and O–H groups in total. The Balaban J connectivity index is 1.56. The summed E-state index contributed by atoms with van der Waals surface area (Å²) >= 11 is 0. The number of carbonyl (C=O) groups is 3. The number of nitrogens with one attached hydrogen (secondary N) is 2. The maximum atomic E-state index is 12.5. The van der Waals surface area contributed by atoms with Gasteiger partial charge in [0.1, 0.15) is 11.5 Å². The minimum absolute atomic E-state index is 0.207. The van der Waals surface area contributed by atoms with Crippen molar-refractivity contribution in [2.75, 3.05) is 26.1 Å². The largest absolute Gasteiger partial charge is 0.497 e. The summed E-state index contributed by atoms with van der Waals surface area (Å²) in [7, 11) is 2.96. The molecule has 192 valence electrons. The Morgan fingerprint density at radius 1 is 0.838 bits per heavy atom. The Labute approximate surface area is 214 Å². The molecular weight excluding hydrogens is 478 g/mol. The zero-order valence-electron chi connectivity index (χ0n) is 20.6. The number of hydrogen-bond acceptors (Lipinski definition) is 8. The summed E-state index contributed by atoms with van der Waals surface area (Å²) in [5.74, 6) is -0.609. The lowest BCUT2D eigenvalue weighted by molar-refractivity contribution is -0.136. The first-order valence-corrected chi connectivity index (χ1v) is 11.3. The van der Waals surface area contributed by atoms with E-state index in [9.17, 15) is 14.4 Å². The number of anilines is 1. The highest BCUT2D eigenvalue weighted by Gasteiger charge is 2.14. The van der Waals surface area contributed by atoms with E-state index in [4.69, 9.17) is 18.9 Å². The van der Waals surface area contributed by atoms with Crippen LogP contribution >= 0.6 is 0 Å². The molecule has 3 aromatic rings. The van der Waals surface area contributed by atoms with E-state index in [1.54, 1.807) is 60.7 Å².